The van der Waals surface area contributed by atoms with Crippen molar-refractivity contribution in [2.24, 2.45) is 11.3 Å². The Morgan fingerprint density at radius 3 is 3.07 bits per heavy atom. The lowest BCUT2D eigenvalue weighted by Gasteiger charge is -2.12. The van der Waals surface area contributed by atoms with Crippen LogP contribution in [0.3, 0.4) is 0 Å². The molecule has 1 saturated heterocycles. The van der Waals surface area contributed by atoms with Gasteiger partial charge in [-0.1, -0.05) is 0 Å². The van der Waals surface area contributed by atoms with E-state index in [2.05, 4.69) is 5.32 Å². The summed E-state index contributed by atoms with van der Waals surface area (Å²) in [6, 6.07) is 0. The highest BCUT2D eigenvalue weighted by atomic mass is 16.1. The maximum atomic E-state index is 10.9. The molecular formula is C12H21NO. The second kappa shape index (κ2) is 4.01. The molecule has 2 unspecified atom stereocenters. The number of carbonyl (C=O) groups is 1. The summed E-state index contributed by atoms with van der Waals surface area (Å²) in [6.45, 7) is 4.10. The lowest BCUT2D eigenvalue weighted by atomic mass is 9.92. The van der Waals surface area contributed by atoms with Crippen molar-refractivity contribution in [3.63, 3.8) is 0 Å². The van der Waals surface area contributed by atoms with Crippen LogP contribution in [0.25, 0.3) is 0 Å². The summed E-state index contributed by atoms with van der Waals surface area (Å²) >= 11 is 0. The molecule has 0 aromatic rings. The summed E-state index contributed by atoms with van der Waals surface area (Å²) in [5, 5.41) is 3.46. The smallest absolute Gasteiger partial charge is 0.129 e. The number of ketones is 1. The standard InChI is InChI=1S/C12H21NO/c1-10(14)3-4-11-9-12(11)5-2-7-13-8-6-12/h11,13H,2-9H2,1H3. The second-order valence-corrected chi connectivity index (χ2v) is 5.11. The van der Waals surface area contributed by atoms with Crippen molar-refractivity contribution >= 4 is 5.78 Å². The van der Waals surface area contributed by atoms with Gasteiger partial charge in [-0.15, -0.1) is 0 Å². The van der Waals surface area contributed by atoms with Gasteiger partial charge in [0.05, 0.1) is 0 Å². The van der Waals surface area contributed by atoms with Gasteiger partial charge in [0.1, 0.15) is 5.78 Å². The average molecular weight is 195 g/mol. The molecule has 2 nitrogen and oxygen atoms in total. The van der Waals surface area contributed by atoms with Crippen LogP contribution in [0.4, 0.5) is 0 Å². The van der Waals surface area contributed by atoms with Gasteiger partial charge < -0.3 is 10.1 Å². The Morgan fingerprint density at radius 1 is 1.43 bits per heavy atom. The fourth-order valence-corrected chi connectivity index (χ4v) is 2.98. The first kappa shape index (κ1) is 10.2. The predicted octanol–water partition coefficient (Wildman–Crippen LogP) is 2.14. The number of nitrogens with one attached hydrogen (secondary N) is 1. The molecule has 2 atom stereocenters. The number of hydrogen-bond donors (Lipinski definition) is 1. The van der Waals surface area contributed by atoms with Crippen molar-refractivity contribution in [3.05, 3.63) is 0 Å². The number of rotatable bonds is 3. The molecule has 2 rings (SSSR count). The SMILES string of the molecule is CC(=O)CCC1CC12CCCNCC2. The van der Waals surface area contributed by atoms with Crippen LogP contribution in [0.2, 0.25) is 0 Å². The van der Waals surface area contributed by atoms with E-state index in [1.165, 1.54) is 38.8 Å². The van der Waals surface area contributed by atoms with Crippen LogP contribution >= 0.6 is 0 Å². The molecular weight excluding hydrogens is 174 g/mol. The molecule has 14 heavy (non-hydrogen) atoms. The quantitative estimate of drug-likeness (QED) is 0.747. The minimum absolute atomic E-state index is 0.360. The normalized spacial score (nSPS) is 36.8. The summed E-state index contributed by atoms with van der Waals surface area (Å²) in [7, 11) is 0. The Hall–Kier alpha value is -0.370. The molecule has 1 aliphatic heterocycles. The Kier molecular flexibility index (Phi) is 2.91. The van der Waals surface area contributed by atoms with Crippen molar-refractivity contribution < 1.29 is 4.79 Å². The molecule has 80 valence electrons. The largest absolute Gasteiger partial charge is 0.317 e. The van der Waals surface area contributed by atoms with Gasteiger partial charge in [0.15, 0.2) is 0 Å². The molecule has 0 aromatic carbocycles. The highest BCUT2D eigenvalue weighted by molar-refractivity contribution is 5.75. The summed E-state index contributed by atoms with van der Waals surface area (Å²) in [6.07, 6.45) is 7.41. The van der Waals surface area contributed by atoms with Crippen molar-refractivity contribution in [3.8, 4) is 0 Å². The first-order valence-corrected chi connectivity index (χ1v) is 5.93. The fourth-order valence-electron chi connectivity index (χ4n) is 2.98. The van der Waals surface area contributed by atoms with Gasteiger partial charge in [0, 0.05) is 6.42 Å². The molecule has 1 heterocycles. The van der Waals surface area contributed by atoms with Crippen molar-refractivity contribution in [1.29, 1.82) is 0 Å². The average Bonchev–Trinajstić information content (AvgIpc) is 2.88. The molecule has 2 aliphatic rings. The van der Waals surface area contributed by atoms with E-state index in [0.717, 1.165) is 18.8 Å². The van der Waals surface area contributed by atoms with Crippen LogP contribution in [0, 0.1) is 11.3 Å². The monoisotopic (exact) mass is 195 g/mol. The Bertz CT molecular complexity index is 216. The highest BCUT2D eigenvalue weighted by Gasteiger charge is 2.52. The predicted molar refractivity (Wildman–Crippen MR) is 57.2 cm³/mol. The van der Waals surface area contributed by atoms with Gasteiger partial charge in [0.2, 0.25) is 0 Å². The summed E-state index contributed by atoms with van der Waals surface area (Å²) in [4.78, 5) is 10.9. The lowest BCUT2D eigenvalue weighted by Crippen LogP contribution is -2.14. The molecule has 1 spiro atoms. The molecule has 1 saturated carbocycles. The van der Waals surface area contributed by atoms with Crippen molar-refractivity contribution in [2.45, 2.75) is 45.4 Å². The minimum atomic E-state index is 0.360. The lowest BCUT2D eigenvalue weighted by molar-refractivity contribution is -0.117. The van der Waals surface area contributed by atoms with Crippen LogP contribution in [-0.4, -0.2) is 18.9 Å². The van der Waals surface area contributed by atoms with Crippen molar-refractivity contribution in [1.82, 2.24) is 5.32 Å². The topological polar surface area (TPSA) is 29.1 Å². The molecule has 1 aliphatic carbocycles. The molecule has 0 bridgehead atoms. The fraction of sp³-hybridized carbons (Fsp3) is 0.917. The number of Topliss-reactive ketones (excluding diaryl/α,β-unsaturated/α-hetero) is 1. The van der Waals surface area contributed by atoms with E-state index in [1.807, 2.05) is 0 Å². The third-order valence-electron chi connectivity index (χ3n) is 4.03. The van der Waals surface area contributed by atoms with Crippen LogP contribution in [0.5, 0.6) is 0 Å². The maximum Gasteiger partial charge on any atom is 0.129 e. The van der Waals surface area contributed by atoms with E-state index < -0.39 is 0 Å². The van der Waals surface area contributed by atoms with Gasteiger partial charge >= 0.3 is 0 Å². The first-order chi connectivity index (χ1) is 6.73. The maximum absolute atomic E-state index is 10.9. The van der Waals surface area contributed by atoms with Crippen LogP contribution in [0.1, 0.15) is 45.4 Å². The molecule has 2 fully saturated rings. The Labute approximate surface area is 86.5 Å². The van der Waals surface area contributed by atoms with Gasteiger partial charge in [0.25, 0.3) is 0 Å². The molecule has 0 radical (unpaired) electrons. The zero-order valence-electron chi connectivity index (χ0n) is 9.14. The Balaban J connectivity index is 1.79. The van der Waals surface area contributed by atoms with Crippen LogP contribution in [0.15, 0.2) is 0 Å². The number of carbonyl (C=O) groups excluding carboxylic acids is 1. The van der Waals surface area contributed by atoms with E-state index in [-0.39, 0.29) is 0 Å². The van der Waals surface area contributed by atoms with E-state index >= 15 is 0 Å². The highest BCUT2D eigenvalue weighted by Crippen LogP contribution is 2.60. The molecule has 2 heteroatoms. The third-order valence-corrected chi connectivity index (χ3v) is 4.03. The molecule has 0 amide bonds. The van der Waals surface area contributed by atoms with Crippen LogP contribution < -0.4 is 5.32 Å². The van der Waals surface area contributed by atoms with Gasteiger partial charge in [-0.3, -0.25) is 0 Å². The van der Waals surface area contributed by atoms with E-state index in [9.17, 15) is 4.79 Å². The number of hydrogen-bond acceptors (Lipinski definition) is 2. The van der Waals surface area contributed by atoms with Gasteiger partial charge in [-0.2, -0.15) is 0 Å². The first-order valence-electron chi connectivity index (χ1n) is 5.93. The second-order valence-electron chi connectivity index (χ2n) is 5.11. The third kappa shape index (κ3) is 2.17. The van der Waals surface area contributed by atoms with E-state index in [4.69, 9.17) is 0 Å². The summed E-state index contributed by atoms with van der Waals surface area (Å²) < 4.78 is 0. The summed E-state index contributed by atoms with van der Waals surface area (Å²) in [5.74, 6) is 1.23. The van der Waals surface area contributed by atoms with E-state index in [0.29, 0.717) is 11.2 Å². The minimum Gasteiger partial charge on any atom is -0.317 e. The van der Waals surface area contributed by atoms with Crippen molar-refractivity contribution in [2.75, 3.05) is 13.1 Å². The Morgan fingerprint density at radius 2 is 2.29 bits per heavy atom. The summed E-state index contributed by atoms with van der Waals surface area (Å²) in [5.41, 5.74) is 0.652. The van der Waals surface area contributed by atoms with Gasteiger partial charge in [-0.25, -0.2) is 0 Å². The van der Waals surface area contributed by atoms with Crippen LogP contribution in [-0.2, 0) is 4.79 Å². The molecule has 1 N–H and O–H groups in total. The zero-order valence-corrected chi connectivity index (χ0v) is 9.14. The molecule has 0 aromatic heterocycles. The van der Waals surface area contributed by atoms with E-state index in [1.54, 1.807) is 6.92 Å². The van der Waals surface area contributed by atoms with Gasteiger partial charge in [-0.05, 0) is 63.5 Å². The zero-order chi connectivity index (χ0) is 10.0.